The van der Waals surface area contributed by atoms with Crippen LogP contribution in [-0.2, 0) is 21.2 Å². The molecule has 0 saturated carbocycles. The van der Waals surface area contributed by atoms with E-state index in [1.54, 1.807) is 24.3 Å². The summed E-state index contributed by atoms with van der Waals surface area (Å²) in [7, 11) is -3.42. The molecule has 0 aliphatic carbocycles. The summed E-state index contributed by atoms with van der Waals surface area (Å²) in [6.45, 7) is 2.36. The van der Waals surface area contributed by atoms with Crippen molar-refractivity contribution >= 4 is 10.0 Å². The topological polar surface area (TPSA) is 81.4 Å². The second-order valence-electron chi connectivity index (χ2n) is 4.76. The lowest BCUT2D eigenvalue weighted by Crippen LogP contribution is -2.29. The summed E-state index contributed by atoms with van der Waals surface area (Å²) in [5.74, 6) is 0.284. The molecule has 0 spiro atoms. The van der Waals surface area contributed by atoms with Crippen LogP contribution in [-0.4, -0.2) is 34.7 Å². The van der Waals surface area contributed by atoms with Crippen molar-refractivity contribution in [1.82, 2.24) is 4.72 Å². The van der Waals surface area contributed by atoms with Gasteiger partial charge in [-0.05, 0) is 43.0 Å². The summed E-state index contributed by atoms with van der Waals surface area (Å²) >= 11 is 0. The molecule has 19 heavy (non-hydrogen) atoms. The van der Waals surface area contributed by atoms with Crippen molar-refractivity contribution < 1.29 is 13.2 Å². The third-order valence-corrected chi connectivity index (χ3v) is 4.69. The Morgan fingerprint density at radius 3 is 2.63 bits per heavy atom. The van der Waals surface area contributed by atoms with E-state index >= 15 is 0 Å². The van der Waals surface area contributed by atoms with E-state index in [0.29, 0.717) is 24.6 Å². The first kappa shape index (κ1) is 14.5. The molecule has 1 aromatic rings. The minimum atomic E-state index is -3.42. The van der Waals surface area contributed by atoms with Gasteiger partial charge in [0.1, 0.15) is 0 Å². The van der Waals surface area contributed by atoms with Crippen LogP contribution in [0.2, 0.25) is 0 Å². The third kappa shape index (κ3) is 4.01. The maximum atomic E-state index is 12.1. The number of sulfonamides is 1. The van der Waals surface area contributed by atoms with E-state index < -0.39 is 10.0 Å². The maximum absolute atomic E-state index is 12.1. The molecule has 5 nitrogen and oxygen atoms in total. The molecular formula is C13H20N2O3S. The number of hydrogen-bond acceptors (Lipinski definition) is 4. The van der Waals surface area contributed by atoms with Crippen molar-refractivity contribution in [1.29, 1.82) is 0 Å². The minimum Gasteiger partial charge on any atom is -0.381 e. The molecule has 6 heteroatoms. The Balaban J connectivity index is 1.97. The molecule has 106 valence electrons. The fourth-order valence-corrected chi connectivity index (χ4v) is 3.17. The van der Waals surface area contributed by atoms with Gasteiger partial charge in [0.25, 0.3) is 0 Å². The van der Waals surface area contributed by atoms with Crippen molar-refractivity contribution in [3.63, 3.8) is 0 Å². The van der Waals surface area contributed by atoms with Gasteiger partial charge in [-0.3, -0.25) is 0 Å². The van der Waals surface area contributed by atoms with Crippen molar-refractivity contribution in [2.75, 3.05) is 26.3 Å². The van der Waals surface area contributed by atoms with Crippen LogP contribution in [0.15, 0.2) is 29.2 Å². The molecule has 0 aromatic heterocycles. The predicted octanol–water partition coefficient (Wildman–Crippen LogP) is 0.503. The lowest BCUT2D eigenvalue weighted by molar-refractivity contribution is 0.186. The molecule has 1 saturated heterocycles. The highest BCUT2D eigenvalue weighted by atomic mass is 32.2. The van der Waals surface area contributed by atoms with E-state index in [0.717, 1.165) is 25.0 Å². The Kier molecular flexibility index (Phi) is 4.93. The minimum absolute atomic E-state index is 0.284. The molecule has 0 bridgehead atoms. The highest BCUT2D eigenvalue weighted by Crippen LogP contribution is 2.14. The monoisotopic (exact) mass is 284 g/mol. The third-order valence-electron chi connectivity index (χ3n) is 3.25. The molecule has 3 N–H and O–H groups in total. The lowest BCUT2D eigenvalue weighted by atomic mass is 10.1. The molecule has 1 fully saturated rings. The Labute approximate surface area is 114 Å². The highest BCUT2D eigenvalue weighted by molar-refractivity contribution is 7.89. The standard InChI is InChI=1S/C13H20N2O3S/c14-7-5-11-1-3-13(4-2-11)19(16,17)15-9-12-6-8-18-10-12/h1-4,12,15H,5-10,14H2. The molecule has 1 aliphatic rings. The molecule has 0 radical (unpaired) electrons. The molecule has 1 aliphatic heterocycles. The number of ether oxygens (including phenoxy) is 1. The normalized spacial score (nSPS) is 19.7. The van der Waals surface area contributed by atoms with Crippen LogP contribution in [0.5, 0.6) is 0 Å². The summed E-state index contributed by atoms with van der Waals surface area (Å²) in [5, 5.41) is 0. The molecule has 1 aromatic carbocycles. The maximum Gasteiger partial charge on any atom is 0.240 e. The average molecular weight is 284 g/mol. The van der Waals surface area contributed by atoms with Crippen LogP contribution in [0.4, 0.5) is 0 Å². The predicted molar refractivity (Wildman–Crippen MR) is 73.3 cm³/mol. The largest absolute Gasteiger partial charge is 0.381 e. The van der Waals surface area contributed by atoms with Crippen LogP contribution < -0.4 is 10.5 Å². The van der Waals surface area contributed by atoms with Crippen LogP contribution >= 0.6 is 0 Å². The van der Waals surface area contributed by atoms with Gasteiger partial charge in [-0.25, -0.2) is 13.1 Å². The molecule has 1 atom stereocenters. The number of rotatable bonds is 6. The van der Waals surface area contributed by atoms with Crippen LogP contribution in [0, 0.1) is 5.92 Å². The van der Waals surface area contributed by atoms with Gasteiger partial charge in [-0.2, -0.15) is 0 Å². The summed E-state index contributed by atoms with van der Waals surface area (Å²) < 4.78 is 32.0. The van der Waals surface area contributed by atoms with E-state index in [1.165, 1.54) is 0 Å². The SMILES string of the molecule is NCCc1ccc(S(=O)(=O)NCC2CCOC2)cc1. The van der Waals surface area contributed by atoms with E-state index in [4.69, 9.17) is 10.5 Å². The van der Waals surface area contributed by atoms with Gasteiger partial charge in [0.15, 0.2) is 0 Å². The van der Waals surface area contributed by atoms with Gasteiger partial charge in [0, 0.05) is 13.2 Å². The zero-order chi connectivity index (χ0) is 13.7. The van der Waals surface area contributed by atoms with Crippen molar-refractivity contribution in [2.24, 2.45) is 11.7 Å². The second-order valence-corrected chi connectivity index (χ2v) is 6.53. The van der Waals surface area contributed by atoms with Gasteiger partial charge in [0.05, 0.1) is 11.5 Å². The summed E-state index contributed by atoms with van der Waals surface area (Å²) in [5.41, 5.74) is 6.51. The summed E-state index contributed by atoms with van der Waals surface area (Å²) in [4.78, 5) is 0.298. The molecular weight excluding hydrogens is 264 g/mol. The fraction of sp³-hybridized carbons (Fsp3) is 0.538. The van der Waals surface area contributed by atoms with Crippen LogP contribution in [0.1, 0.15) is 12.0 Å². The quantitative estimate of drug-likeness (QED) is 0.797. The fourth-order valence-electron chi connectivity index (χ4n) is 2.06. The summed E-state index contributed by atoms with van der Waals surface area (Å²) in [6, 6.07) is 6.86. The van der Waals surface area contributed by atoms with Crippen molar-refractivity contribution in [2.45, 2.75) is 17.7 Å². The Morgan fingerprint density at radius 2 is 2.05 bits per heavy atom. The van der Waals surface area contributed by atoms with E-state index in [-0.39, 0.29) is 5.92 Å². The number of nitrogens with two attached hydrogens (primary N) is 1. The number of hydrogen-bond donors (Lipinski definition) is 2. The first-order valence-corrected chi connectivity index (χ1v) is 7.96. The van der Waals surface area contributed by atoms with Gasteiger partial charge in [0.2, 0.25) is 10.0 Å². The van der Waals surface area contributed by atoms with Gasteiger partial charge in [-0.15, -0.1) is 0 Å². The van der Waals surface area contributed by atoms with Crippen molar-refractivity contribution in [3.05, 3.63) is 29.8 Å². The van der Waals surface area contributed by atoms with Gasteiger partial charge in [-0.1, -0.05) is 12.1 Å². The van der Waals surface area contributed by atoms with E-state index in [9.17, 15) is 8.42 Å². The van der Waals surface area contributed by atoms with Crippen LogP contribution in [0.3, 0.4) is 0 Å². The molecule has 1 heterocycles. The Hall–Kier alpha value is -0.950. The van der Waals surface area contributed by atoms with Crippen LogP contribution in [0.25, 0.3) is 0 Å². The zero-order valence-electron chi connectivity index (χ0n) is 10.8. The Bertz CT molecular complexity index is 493. The van der Waals surface area contributed by atoms with Gasteiger partial charge < -0.3 is 10.5 Å². The van der Waals surface area contributed by atoms with E-state index in [1.807, 2.05) is 0 Å². The highest BCUT2D eigenvalue weighted by Gasteiger charge is 2.20. The van der Waals surface area contributed by atoms with Gasteiger partial charge >= 0.3 is 0 Å². The Morgan fingerprint density at radius 1 is 1.32 bits per heavy atom. The average Bonchev–Trinajstić information content (AvgIpc) is 2.91. The smallest absolute Gasteiger partial charge is 0.240 e. The van der Waals surface area contributed by atoms with Crippen molar-refractivity contribution in [3.8, 4) is 0 Å². The second kappa shape index (κ2) is 6.47. The lowest BCUT2D eigenvalue weighted by Gasteiger charge is -2.10. The summed E-state index contributed by atoms with van der Waals surface area (Å²) in [6.07, 6.45) is 1.67. The number of nitrogens with one attached hydrogen (secondary N) is 1. The molecule has 0 amide bonds. The number of benzene rings is 1. The zero-order valence-corrected chi connectivity index (χ0v) is 11.7. The van der Waals surface area contributed by atoms with E-state index in [2.05, 4.69) is 4.72 Å². The molecule has 2 rings (SSSR count). The molecule has 1 unspecified atom stereocenters. The first-order chi connectivity index (χ1) is 9.12. The first-order valence-electron chi connectivity index (χ1n) is 6.48.